The first kappa shape index (κ1) is 16.1. The number of carbonyl (C=O) groups excluding carboxylic acids is 1. The molecule has 0 saturated heterocycles. The molecule has 6 heteroatoms. The minimum absolute atomic E-state index is 0.191. The number of aromatic nitrogens is 2. The lowest BCUT2D eigenvalue weighted by molar-refractivity contribution is 0.102. The Kier molecular flexibility index (Phi) is 4.57. The van der Waals surface area contributed by atoms with Crippen LogP contribution in [0.25, 0.3) is 10.6 Å². The zero-order chi connectivity index (χ0) is 17.1. The number of ether oxygens (including phenoxy) is 1. The molecule has 0 radical (unpaired) electrons. The number of pyridine rings is 1. The highest BCUT2D eigenvalue weighted by Crippen LogP contribution is 2.30. The summed E-state index contributed by atoms with van der Waals surface area (Å²) in [6.45, 7) is 3.80. The van der Waals surface area contributed by atoms with Crippen LogP contribution in [0.2, 0.25) is 0 Å². The highest BCUT2D eigenvalue weighted by molar-refractivity contribution is 7.17. The van der Waals surface area contributed by atoms with Gasteiger partial charge in [-0.3, -0.25) is 9.78 Å². The smallest absolute Gasteiger partial charge is 0.267 e. The van der Waals surface area contributed by atoms with Gasteiger partial charge in [0.15, 0.2) is 0 Å². The highest BCUT2D eigenvalue weighted by atomic mass is 32.1. The third kappa shape index (κ3) is 3.28. The third-order valence-electron chi connectivity index (χ3n) is 3.51. The molecule has 0 aliphatic carbocycles. The number of amides is 1. The Hall–Kier alpha value is -2.73. The molecule has 2 heterocycles. The largest absolute Gasteiger partial charge is 0.495 e. The van der Waals surface area contributed by atoms with Crippen molar-refractivity contribution in [3.05, 3.63) is 58.9 Å². The maximum absolute atomic E-state index is 12.6. The van der Waals surface area contributed by atoms with Gasteiger partial charge in [-0.25, -0.2) is 4.98 Å². The molecule has 1 aromatic carbocycles. The van der Waals surface area contributed by atoms with E-state index in [4.69, 9.17) is 4.74 Å². The number of methoxy groups -OCH3 is 1. The molecule has 2 aromatic heterocycles. The molecular weight excluding hydrogens is 322 g/mol. The van der Waals surface area contributed by atoms with E-state index >= 15 is 0 Å². The molecule has 0 unspecified atom stereocenters. The van der Waals surface area contributed by atoms with Gasteiger partial charge in [0.25, 0.3) is 5.91 Å². The van der Waals surface area contributed by atoms with Gasteiger partial charge in [0, 0.05) is 18.0 Å². The molecule has 0 saturated carbocycles. The van der Waals surface area contributed by atoms with Crippen molar-refractivity contribution in [3.63, 3.8) is 0 Å². The Labute approximate surface area is 144 Å². The number of aryl methyl sites for hydroxylation is 2. The predicted octanol–water partition coefficient (Wildman–Crippen LogP) is 4.08. The van der Waals surface area contributed by atoms with Crippen LogP contribution >= 0.6 is 11.3 Å². The highest BCUT2D eigenvalue weighted by Gasteiger charge is 2.18. The fourth-order valence-electron chi connectivity index (χ4n) is 2.32. The summed E-state index contributed by atoms with van der Waals surface area (Å²) in [5, 5.41) is 3.69. The number of nitrogens with one attached hydrogen (secondary N) is 1. The number of rotatable bonds is 4. The number of carbonyl (C=O) groups is 1. The lowest BCUT2D eigenvalue weighted by Crippen LogP contribution is -2.12. The van der Waals surface area contributed by atoms with E-state index in [0.29, 0.717) is 22.0 Å². The monoisotopic (exact) mass is 339 g/mol. The second-order valence-electron chi connectivity index (χ2n) is 5.33. The van der Waals surface area contributed by atoms with Crippen molar-refractivity contribution in [2.24, 2.45) is 0 Å². The minimum Gasteiger partial charge on any atom is -0.495 e. The first-order chi connectivity index (χ1) is 11.6. The van der Waals surface area contributed by atoms with Crippen LogP contribution in [0, 0.1) is 13.8 Å². The Morgan fingerprint density at radius 2 is 2.08 bits per heavy atom. The van der Waals surface area contributed by atoms with E-state index in [-0.39, 0.29) is 5.91 Å². The van der Waals surface area contributed by atoms with E-state index in [0.717, 1.165) is 16.1 Å². The Morgan fingerprint density at radius 1 is 1.25 bits per heavy atom. The molecule has 0 bridgehead atoms. The van der Waals surface area contributed by atoms with E-state index < -0.39 is 0 Å². The number of thiazole rings is 1. The molecular formula is C18H17N3O2S. The quantitative estimate of drug-likeness (QED) is 0.778. The number of hydrogen-bond acceptors (Lipinski definition) is 5. The average molecular weight is 339 g/mol. The van der Waals surface area contributed by atoms with Gasteiger partial charge in [-0.2, -0.15) is 0 Å². The van der Waals surface area contributed by atoms with Crippen molar-refractivity contribution in [3.8, 4) is 16.3 Å². The molecule has 3 rings (SSSR count). The minimum atomic E-state index is -0.191. The van der Waals surface area contributed by atoms with Crippen LogP contribution in [-0.4, -0.2) is 23.0 Å². The summed E-state index contributed by atoms with van der Waals surface area (Å²) in [7, 11) is 1.58. The van der Waals surface area contributed by atoms with Crippen LogP contribution in [-0.2, 0) is 0 Å². The van der Waals surface area contributed by atoms with Gasteiger partial charge in [-0.1, -0.05) is 6.07 Å². The van der Waals surface area contributed by atoms with Gasteiger partial charge < -0.3 is 10.1 Å². The summed E-state index contributed by atoms with van der Waals surface area (Å²) in [6.07, 6.45) is 3.45. The van der Waals surface area contributed by atoms with Gasteiger partial charge in [0.1, 0.15) is 15.6 Å². The summed E-state index contributed by atoms with van der Waals surface area (Å²) in [5.41, 5.74) is 3.29. The van der Waals surface area contributed by atoms with E-state index in [1.165, 1.54) is 11.3 Å². The standard InChI is InChI=1S/C18H17N3O2S/c1-11-6-7-15(23-3)14(9-11)21-17(22)16-12(2)20-18(24-16)13-5-4-8-19-10-13/h4-10H,1-3H3,(H,21,22). The van der Waals surface area contributed by atoms with Gasteiger partial charge >= 0.3 is 0 Å². The fraction of sp³-hybridized carbons (Fsp3) is 0.167. The maximum Gasteiger partial charge on any atom is 0.267 e. The third-order valence-corrected chi connectivity index (χ3v) is 4.72. The normalized spacial score (nSPS) is 10.5. The van der Waals surface area contributed by atoms with Crippen molar-refractivity contribution in [1.29, 1.82) is 0 Å². The second kappa shape index (κ2) is 6.80. The number of hydrogen-bond donors (Lipinski definition) is 1. The molecule has 122 valence electrons. The predicted molar refractivity (Wildman–Crippen MR) is 95.8 cm³/mol. The number of nitrogens with zero attached hydrogens (tertiary/aromatic N) is 2. The summed E-state index contributed by atoms with van der Waals surface area (Å²) < 4.78 is 5.31. The van der Waals surface area contributed by atoms with Gasteiger partial charge in [-0.05, 0) is 43.7 Å². The lowest BCUT2D eigenvalue weighted by atomic mass is 10.2. The molecule has 0 spiro atoms. The van der Waals surface area contributed by atoms with Crippen molar-refractivity contribution in [2.75, 3.05) is 12.4 Å². The summed E-state index contributed by atoms with van der Waals surface area (Å²) in [5.74, 6) is 0.438. The zero-order valence-corrected chi connectivity index (χ0v) is 14.5. The summed E-state index contributed by atoms with van der Waals surface area (Å²) >= 11 is 1.35. The van der Waals surface area contributed by atoms with Crippen molar-refractivity contribution in [1.82, 2.24) is 9.97 Å². The van der Waals surface area contributed by atoms with Crippen LogP contribution in [0.15, 0.2) is 42.7 Å². The molecule has 0 atom stereocenters. The topological polar surface area (TPSA) is 64.1 Å². The molecule has 1 N–H and O–H groups in total. The average Bonchev–Trinajstić information content (AvgIpc) is 2.98. The molecule has 0 fully saturated rings. The van der Waals surface area contributed by atoms with Gasteiger partial charge in [0.05, 0.1) is 18.5 Å². The number of benzene rings is 1. The molecule has 5 nitrogen and oxygen atoms in total. The summed E-state index contributed by atoms with van der Waals surface area (Å²) in [6, 6.07) is 9.44. The Morgan fingerprint density at radius 3 is 2.79 bits per heavy atom. The first-order valence-corrected chi connectivity index (χ1v) is 8.24. The lowest BCUT2D eigenvalue weighted by Gasteiger charge is -2.10. The van der Waals surface area contributed by atoms with Crippen molar-refractivity contribution < 1.29 is 9.53 Å². The molecule has 0 aliphatic rings. The van der Waals surface area contributed by atoms with E-state index in [1.807, 2.05) is 44.2 Å². The molecule has 1 amide bonds. The number of anilines is 1. The van der Waals surface area contributed by atoms with Crippen LogP contribution < -0.4 is 10.1 Å². The van der Waals surface area contributed by atoms with E-state index in [9.17, 15) is 4.79 Å². The molecule has 3 aromatic rings. The SMILES string of the molecule is COc1ccc(C)cc1NC(=O)c1sc(-c2cccnc2)nc1C. The molecule has 0 aliphatic heterocycles. The van der Waals surface area contributed by atoms with Crippen molar-refractivity contribution in [2.45, 2.75) is 13.8 Å². The van der Waals surface area contributed by atoms with Gasteiger partial charge in [0.2, 0.25) is 0 Å². The first-order valence-electron chi connectivity index (χ1n) is 7.42. The van der Waals surface area contributed by atoms with E-state index in [1.54, 1.807) is 19.5 Å². The summed E-state index contributed by atoms with van der Waals surface area (Å²) in [4.78, 5) is 21.8. The zero-order valence-electron chi connectivity index (χ0n) is 13.7. The van der Waals surface area contributed by atoms with Crippen LogP contribution in [0.3, 0.4) is 0 Å². The Balaban J connectivity index is 1.89. The van der Waals surface area contributed by atoms with Crippen LogP contribution in [0.4, 0.5) is 5.69 Å². The van der Waals surface area contributed by atoms with Gasteiger partial charge in [-0.15, -0.1) is 11.3 Å². The van der Waals surface area contributed by atoms with Crippen molar-refractivity contribution >= 4 is 22.9 Å². The van der Waals surface area contributed by atoms with E-state index in [2.05, 4.69) is 15.3 Å². The maximum atomic E-state index is 12.6. The van der Waals surface area contributed by atoms with Crippen LogP contribution in [0.1, 0.15) is 20.9 Å². The Bertz CT molecular complexity index is 875. The fourth-order valence-corrected chi connectivity index (χ4v) is 3.27. The second-order valence-corrected chi connectivity index (χ2v) is 6.33. The molecule has 24 heavy (non-hydrogen) atoms. The van der Waals surface area contributed by atoms with Crippen LogP contribution in [0.5, 0.6) is 5.75 Å².